The van der Waals surface area contributed by atoms with Gasteiger partial charge < -0.3 is 49.0 Å². The molecule has 0 atom stereocenters. The summed E-state index contributed by atoms with van der Waals surface area (Å²) in [5.74, 6) is 3.81. The average molecular weight is 939 g/mol. The Bertz CT molecular complexity index is 3130. The van der Waals surface area contributed by atoms with Crippen molar-refractivity contribution in [2.75, 3.05) is 45.4 Å². The predicted octanol–water partition coefficient (Wildman–Crippen LogP) is 4.96. The number of nitriles is 1. The van der Waals surface area contributed by atoms with Gasteiger partial charge in [0.25, 0.3) is 0 Å². The Balaban J connectivity index is 0.000000164. The molecule has 0 spiro atoms. The molecule has 0 saturated carbocycles. The minimum absolute atomic E-state index is 0. The Morgan fingerprint density at radius 3 is 1.61 bits per heavy atom. The first-order chi connectivity index (χ1) is 32.7. The first kappa shape index (κ1) is 50.6. The number of aromatic amines is 1. The second-order valence-electron chi connectivity index (χ2n) is 15.1. The summed E-state index contributed by atoms with van der Waals surface area (Å²) in [6.45, 7) is 7.03. The van der Waals surface area contributed by atoms with Crippen LogP contribution in [0.3, 0.4) is 0 Å². The number of nitrogens with zero attached hydrogens (tertiary/aromatic N) is 4. The molecule has 0 unspecified atom stereocenters. The number of nitrogens with one attached hydrogen (secondary N) is 1. The number of fused-ring (bicyclic) bond motifs is 5. The molecule has 3 aliphatic rings. The molecule has 5 heterocycles. The molecule has 0 radical (unpaired) electrons. The van der Waals surface area contributed by atoms with Crippen molar-refractivity contribution in [3.63, 3.8) is 0 Å². The fraction of sp³-hybridized carbons (Fsp3) is 0.192. The molecule has 16 nitrogen and oxygen atoms in total. The van der Waals surface area contributed by atoms with Gasteiger partial charge in [-0.25, -0.2) is 10.1 Å². The summed E-state index contributed by atoms with van der Waals surface area (Å²) in [6, 6.07) is 39.8. The molecule has 0 aliphatic carbocycles. The van der Waals surface area contributed by atoms with E-state index in [0.717, 1.165) is 38.9 Å². The second-order valence-corrected chi connectivity index (χ2v) is 15.1. The Morgan fingerprint density at radius 2 is 1.09 bits per heavy atom. The molecule has 69 heavy (non-hydrogen) atoms. The van der Waals surface area contributed by atoms with Crippen molar-refractivity contribution in [1.82, 2.24) is 19.9 Å². The standard InChI is InChI=1S/C19H18N2O3.C16H12N2O3.C15H13NO3.CHNO.CH4.Na/c1-12(2)24-19-20-15-11-17-16(22-8-9-23-17)10-14(15)18(21-19)13-6-4-3-5-7-13;19-16-17-12-9-14-13(20-6-7-21-14)8-11(12)15(18-16)10-4-2-1-3-5-10;16-12-9-14-13(18-6-7-19-14)8-11(12)15(17)10-4-2-1-3-5-10;2-1-3;;/h3-7,10-12H,8-9H2,1-2H3;1-5,8-9H,6-7H2,(H,17,18,19);1-5,8-9H,6-7,16H2;3H;1H4;/q;;;;;+1/p-1. The van der Waals surface area contributed by atoms with Gasteiger partial charge in [-0.1, -0.05) is 98.4 Å². The van der Waals surface area contributed by atoms with E-state index in [1.165, 1.54) is 0 Å². The molecule has 2 aromatic heterocycles. The van der Waals surface area contributed by atoms with Gasteiger partial charge in [-0.15, -0.1) is 0 Å². The minimum atomic E-state index is -0.377. The summed E-state index contributed by atoms with van der Waals surface area (Å²) in [5, 5.41) is 16.8. The van der Waals surface area contributed by atoms with Gasteiger partial charge in [0.1, 0.15) is 39.6 Å². The largest absolute Gasteiger partial charge is 1.00 e. The first-order valence-electron chi connectivity index (χ1n) is 21.2. The fourth-order valence-electron chi connectivity index (χ4n) is 7.28. The van der Waals surface area contributed by atoms with E-state index >= 15 is 0 Å². The topological polar surface area (TPSA) is 226 Å². The van der Waals surface area contributed by atoms with Crippen LogP contribution in [-0.4, -0.2) is 71.5 Å². The Kier molecular flexibility index (Phi) is 17.4. The van der Waals surface area contributed by atoms with Gasteiger partial charge >= 0.3 is 41.3 Å². The number of benzene rings is 6. The Labute approximate surface area is 419 Å². The summed E-state index contributed by atoms with van der Waals surface area (Å²) in [4.78, 5) is 40.2. The van der Waals surface area contributed by atoms with Crippen LogP contribution in [0.4, 0.5) is 5.69 Å². The molecule has 11 rings (SSSR count). The van der Waals surface area contributed by atoms with Crippen molar-refractivity contribution < 1.29 is 72.6 Å². The van der Waals surface area contributed by atoms with Crippen molar-refractivity contribution in [2.45, 2.75) is 27.4 Å². The van der Waals surface area contributed by atoms with Crippen LogP contribution in [0, 0.1) is 11.5 Å². The number of nitrogens with two attached hydrogens (primary N) is 1. The number of ether oxygens (including phenoxy) is 7. The van der Waals surface area contributed by atoms with E-state index in [1.807, 2.05) is 111 Å². The SMILES string of the molecule is C.CC(C)Oc1nc(-c2ccccc2)c2cc3c(cc2n1)OCCO3.N#C[O-].Nc1cc2c(cc1C(=O)c1ccccc1)OCCO2.O=c1nc(-c2ccccc2)c2cc3c(cc2[nH]1)OCCO3.[Na+]. The predicted molar refractivity (Wildman–Crippen MR) is 255 cm³/mol. The summed E-state index contributed by atoms with van der Waals surface area (Å²) in [6.07, 6.45) is 0.503. The number of carbonyl (C=O) groups is 1. The number of rotatable bonds is 6. The molecule has 3 aliphatic heterocycles. The number of ketones is 1. The van der Waals surface area contributed by atoms with E-state index in [1.54, 1.807) is 30.3 Å². The first-order valence-corrected chi connectivity index (χ1v) is 21.2. The molecule has 0 fully saturated rings. The number of nitrogen functional groups attached to an aromatic ring is 1. The molecular weight excluding hydrogens is 892 g/mol. The van der Waals surface area contributed by atoms with Crippen LogP contribution in [0.25, 0.3) is 44.3 Å². The van der Waals surface area contributed by atoms with Crippen molar-refractivity contribution in [3.8, 4) is 69.3 Å². The van der Waals surface area contributed by atoms with Crippen molar-refractivity contribution in [3.05, 3.63) is 149 Å². The zero-order chi connectivity index (χ0) is 46.7. The molecule has 346 valence electrons. The van der Waals surface area contributed by atoms with E-state index in [9.17, 15) is 9.59 Å². The van der Waals surface area contributed by atoms with Crippen LogP contribution < -0.4 is 79.2 Å². The van der Waals surface area contributed by atoms with Gasteiger partial charge in [-0.3, -0.25) is 4.79 Å². The summed E-state index contributed by atoms with van der Waals surface area (Å²) >= 11 is 0. The van der Waals surface area contributed by atoms with E-state index in [0.29, 0.717) is 109 Å². The molecule has 0 bridgehead atoms. The molecule has 17 heteroatoms. The summed E-state index contributed by atoms with van der Waals surface area (Å²) in [7, 11) is 0. The molecule has 0 amide bonds. The molecule has 8 aromatic rings. The third-order valence-corrected chi connectivity index (χ3v) is 10.2. The summed E-state index contributed by atoms with van der Waals surface area (Å²) < 4.78 is 39.2. The van der Waals surface area contributed by atoms with Crippen LogP contribution >= 0.6 is 0 Å². The Hall–Kier alpha value is -7.84. The zero-order valence-electron chi connectivity index (χ0n) is 37.4. The van der Waals surface area contributed by atoms with Crippen LogP contribution in [0.2, 0.25) is 0 Å². The van der Waals surface area contributed by atoms with E-state index < -0.39 is 0 Å². The maximum absolute atomic E-state index is 12.4. The van der Waals surface area contributed by atoms with Crippen LogP contribution in [0.15, 0.2) is 132 Å². The van der Waals surface area contributed by atoms with Gasteiger partial charge in [-0.05, 0) is 32.0 Å². The number of aromatic nitrogens is 4. The van der Waals surface area contributed by atoms with Gasteiger partial charge in [0.05, 0.1) is 28.5 Å². The number of hydrogen-bond donors (Lipinski definition) is 2. The average Bonchev–Trinajstić information content (AvgIpc) is 3.35. The van der Waals surface area contributed by atoms with Gasteiger partial charge in [0.15, 0.2) is 40.3 Å². The zero-order valence-corrected chi connectivity index (χ0v) is 39.4. The number of H-pyrrole nitrogens is 1. The quantitative estimate of drug-likeness (QED) is 0.0973. The fourth-order valence-corrected chi connectivity index (χ4v) is 7.28. The van der Waals surface area contributed by atoms with Gasteiger partial charge in [-0.2, -0.15) is 15.0 Å². The monoisotopic (exact) mass is 938 g/mol. The Morgan fingerprint density at radius 1 is 0.652 bits per heavy atom. The smallest absolute Gasteiger partial charge is 0.812 e. The van der Waals surface area contributed by atoms with Crippen molar-refractivity contribution >= 4 is 33.3 Å². The van der Waals surface area contributed by atoms with Gasteiger partial charge in [0.2, 0.25) is 0 Å². The number of anilines is 1. The van der Waals surface area contributed by atoms with E-state index in [-0.39, 0.29) is 54.6 Å². The molecule has 3 N–H and O–H groups in total. The molecule has 6 aromatic carbocycles. The number of hydrogen-bond acceptors (Lipinski definition) is 15. The van der Waals surface area contributed by atoms with Crippen molar-refractivity contribution in [1.29, 1.82) is 5.26 Å². The van der Waals surface area contributed by atoms with Crippen LogP contribution in [0.1, 0.15) is 37.2 Å². The maximum Gasteiger partial charge on any atom is 1.00 e. The van der Waals surface area contributed by atoms with Gasteiger partial charge in [0, 0.05) is 63.2 Å². The minimum Gasteiger partial charge on any atom is -0.812 e. The van der Waals surface area contributed by atoms with Crippen molar-refractivity contribution in [2.24, 2.45) is 0 Å². The maximum atomic E-state index is 12.4. The van der Waals surface area contributed by atoms with E-state index in [2.05, 4.69) is 19.9 Å². The van der Waals surface area contributed by atoms with Crippen LogP contribution in [0.5, 0.6) is 40.5 Å². The molecule has 0 saturated heterocycles. The van der Waals surface area contributed by atoms with Crippen LogP contribution in [-0.2, 0) is 0 Å². The third kappa shape index (κ3) is 12.2. The number of carbonyl (C=O) groups excluding carboxylic acids is 1. The second kappa shape index (κ2) is 23.7. The van der Waals surface area contributed by atoms with E-state index in [4.69, 9.17) is 49.3 Å². The normalized spacial score (nSPS) is 12.4. The third-order valence-electron chi connectivity index (χ3n) is 10.2. The molecular formula is C52H47N6NaO10. The summed E-state index contributed by atoms with van der Waals surface area (Å²) in [5.41, 5.74) is 11.8.